The molecule has 0 saturated heterocycles. The van der Waals surface area contributed by atoms with E-state index in [0.29, 0.717) is 0 Å². The lowest BCUT2D eigenvalue weighted by Gasteiger charge is -2.30. The fourth-order valence-corrected chi connectivity index (χ4v) is 2.12. The van der Waals surface area contributed by atoms with Crippen molar-refractivity contribution in [3.8, 4) is 0 Å². The molecular weight excluding hydrogens is 208 g/mol. The topological polar surface area (TPSA) is 78.4 Å². The van der Waals surface area contributed by atoms with Gasteiger partial charge < -0.3 is 15.7 Å². The number of rotatable bonds is 4. The van der Waals surface area contributed by atoms with Crippen molar-refractivity contribution in [2.45, 2.75) is 39.2 Å². The van der Waals surface area contributed by atoms with Gasteiger partial charge in [-0.3, -0.25) is 9.59 Å². The van der Waals surface area contributed by atoms with Crippen molar-refractivity contribution < 1.29 is 14.7 Å². The first-order valence-electron chi connectivity index (χ1n) is 5.62. The van der Waals surface area contributed by atoms with E-state index in [1.807, 2.05) is 6.92 Å². The zero-order valence-electron chi connectivity index (χ0n) is 9.88. The second-order valence-electron chi connectivity index (χ2n) is 4.73. The lowest BCUT2D eigenvalue weighted by molar-refractivity contribution is -0.126. The van der Waals surface area contributed by atoms with Gasteiger partial charge in [-0.05, 0) is 12.8 Å². The van der Waals surface area contributed by atoms with E-state index in [4.69, 9.17) is 0 Å². The van der Waals surface area contributed by atoms with Gasteiger partial charge in [-0.2, -0.15) is 0 Å². The van der Waals surface area contributed by atoms with Crippen LogP contribution in [0.1, 0.15) is 33.1 Å². The van der Waals surface area contributed by atoms with Crippen LogP contribution in [0.25, 0.3) is 0 Å². The Hall–Kier alpha value is -1.10. The minimum absolute atomic E-state index is 0.00728. The Morgan fingerprint density at radius 2 is 2.19 bits per heavy atom. The van der Waals surface area contributed by atoms with E-state index in [1.165, 1.54) is 6.92 Å². The second kappa shape index (κ2) is 5.30. The SMILES string of the molecule is CC(=O)NCC(=O)NC1CCCC1(C)CO. The molecular formula is C11H20N2O3. The molecule has 0 aromatic rings. The van der Waals surface area contributed by atoms with Crippen molar-refractivity contribution in [2.75, 3.05) is 13.2 Å². The quantitative estimate of drug-likeness (QED) is 0.623. The number of aliphatic hydroxyl groups is 1. The molecule has 1 saturated carbocycles. The summed E-state index contributed by atoms with van der Waals surface area (Å²) in [6.45, 7) is 3.44. The minimum Gasteiger partial charge on any atom is -0.396 e. The van der Waals surface area contributed by atoms with Crippen molar-refractivity contribution >= 4 is 11.8 Å². The van der Waals surface area contributed by atoms with Crippen molar-refractivity contribution in [1.29, 1.82) is 0 Å². The highest BCUT2D eigenvalue weighted by molar-refractivity contribution is 5.83. The Bertz CT molecular complexity index is 280. The van der Waals surface area contributed by atoms with Crippen LogP contribution in [0.3, 0.4) is 0 Å². The fourth-order valence-electron chi connectivity index (χ4n) is 2.12. The predicted octanol–water partition coefficient (Wildman–Crippen LogP) is -0.210. The van der Waals surface area contributed by atoms with Gasteiger partial charge in [-0.1, -0.05) is 13.3 Å². The van der Waals surface area contributed by atoms with E-state index in [2.05, 4.69) is 10.6 Å². The first-order chi connectivity index (χ1) is 7.48. The van der Waals surface area contributed by atoms with Crippen molar-refractivity contribution in [3.63, 3.8) is 0 Å². The predicted molar refractivity (Wildman–Crippen MR) is 59.7 cm³/mol. The number of hydrogen-bond donors (Lipinski definition) is 3. The lowest BCUT2D eigenvalue weighted by atomic mass is 9.86. The number of carbonyl (C=O) groups is 2. The molecule has 2 amide bonds. The van der Waals surface area contributed by atoms with E-state index in [0.717, 1.165) is 19.3 Å². The smallest absolute Gasteiger partial charge is 0.239 e. The highest BCUT2D eigenvalue weighted by Gasteiger charge is 2.38. The first-order valence-corrected chi connectivity index (χ1v) is 5.62. The normalized spacial score (nSPS) is 28.8. The van der Waals surface area contributed by atoms with E-state index in [9.17, 15) is 14.7 Å². The van der Waals surface area contributed by atoms with Gasteiger partial charge in [0.2, 0.25) is 11.8 Å². The van der Waals surface area contributed by atoms with Gasteiger partial charge in [0.1, 0.15) is 0 Å². The number of carbonyl (C=O) groups excluding carboxylic acids is 2. The Morgan fingerprint density at radius 1 is 1.50 bits per heavy atom. The van der Waals surface area contributed by atoms with Gasteiger partial charge in [0.15, 0.2) is 0 Å². The highest BCUT2D eigenvalue weighted by atomic mass is 16.3. The molecule has 16 heavy (non-hydrogen) atoms. The summed E-state index contributed by atoms with van der Waals surface area (Å²) in [6.07, 6.45) is 2.83. The van der Waals surface area contributed by atoms with Gasteiger partial charge in [-0.15, -0.1) is 0 Å². The molecule has 5 heteroatoms. The molecule has 0 aromatic heterocycles. The van der Waals surface area contributed by atoms with Gasteiger partial charge >= 0.3 is 0 Å². The van der Waals surface area contributed by atoms with Crippen LogP contribution >= 0.6 is 0 Å². The van der Waals surface area contributed by atoms with Crippen LogP contribution in [0.15, 0.2) is 0 Å². The second-order valence-corrected chi connectivity index (χ2v) is 4.73. The molecule has 1 rings (SSSR count). The standard InChI is InChI=1S/C11H20N2O3/c1-8(15)12-6-10(16)13-9-4-3-5-11(9,2)7-14/h9,14H,3-7H2,1-2H3,(H,12,15)(H,13,16). The molecule has 3 N–H and O–H groups in total. The molecule has 2 atom stereocenters. The third-order valence-corrected chi connectivity index (χ3v) is 3.28. The summed E-state index contributed by atoms with van der Waals surface area (Å²) in [5.74, 6) is -0.409. The molecule has 92 valence electrons. The number of amides is 2. The van der Waals surface area contributed by atoms with E-state index in [1.54, 1.807) is 0 Å². The third-order valence-electron chi connectivity index (χ3n) is 3.28. The maximum Gasteiger partial charge on any atom is 0.239 e. The molecule has 0 heterocycles. The highest BCUT2D eigenvalue weighted by Crippen LogP contribution is 2.37. The number of aliphatic hydroxyl groups excluding tert-OH is 1. The van der Waals surface area contributed by atoms with E-state index >= 15 is 0 Å². The monoisotopic (exact) mass is 228 g/mol. The van der Waals surface area contributed by atoms with Crippen LogP contribution in [0.4, 0.5) is 0 Å². The lowest BCUT2D eigenvalue weighted by Crippen LogP contribution is -2.47. The summed E-state index contributed by atoms with van der Waals surface area (Å²) >= 11 is 0. The zero-order chi connectivity index (χ0) is 12.2. The molecule has 1 aliphatic rings. The molecule has 0 bridgehead atoms. The molecule has 1 aliphatic carbocycles. The zero-order valence-corrected chi connectivity index (χ0v) is 9.88. The Balaban J connectivity index is 2.41. The molecule has 5 nitrogen and oxygen atoms in total. The van der Waals surface area contributed by atoms with Crippen LogP contribution in [0.5, 0.6) is 0 Å². The minimum atomic E-state index is -0.216. The summed E-state index contributed by atoms with van der Waals surface area (Å²) in [5, 5.41) is 14.6. The van der Waals surface area contributed by atoms with Crippen molar-refractivity contribution in [3.05, 3.63) is 0 Å². The molecule has 1 fully saturated rings. The molecule has 0 aliphatic heterocycles. The largest absolute Gasteiger partial charge is 0.396 e. The van der Waals surface area contributed by atoms with Gasteiger partial charge in [-0.25, -0.2) is 0 Å². The summed E-state index contributed by atoms with van der Waals surface area (Å²) in [6, 6.07) is 0.0127. The van der Waals surface area contributed by atoms with Crippen LogP contribution in [0.2, 0.25) is 0 Å². The van der Waals surface area contributed by atoms with Crippen molar-refractivity contribution in [2.24, 2.45) is 5.41 Å². The molecule has 0 aromatic carbocycles. The Kier molecular flexibility index (Phi) is 4.29. The molecule has 2 unspecified atom stereocenters. The summed E-state index contributed by atoms with van der Waals surface area (Å²) in [4.78, 5) is 22.1. The van der Waals surface area contributed by atoms with Gasteiger partial charge in [0, 0.05) is 18.4 Å². The van der Waals surface area contributed by atoms with Crippen LogP contribution in [-0.2, 0) is 9.59 Å². The third kappa shape index (κ3) is 3.20. The maximum absolute atomic E-state index is 11.5. The van der Waals surface area contributed by atoms with E-state index < -0.39 is 0 Å². The summed E-state index contributed by atoms with van der Waals surface area (Å²) in [5.41, 5.74) is -0.216. The van der Waals surface area contributed by atoms with Gasteiger partial charge in [0.25, 0.3) is 0 Å². The summed E-state index contributed by atoms with van der Waals surface area (Å²) in [7, 11) is 0. The summed E-state index contributed by atoms with van der Waals surface area (Å²) < 4.78 is 0. The number of hydrogen-bond acceptors (Lipinski definition) is 3. The molecule has 0 radical (unpaired) electrons. The average Bonchev–Trinajstić information content (AvgIpc) is 2.58. The van der Waals surface area contributed by atoms with Gasteiger partial charge in [0.05, 0.1) is 13.2 Å². The van der Waals surface area contributed by atoms with Crippen LogP contribution in [-0.4, -0.2) is 36.1 Å². The van der Waals surface area contributed by atoms with E-state index in [-0.39, 0.29) is 36.4 Å². The first kappa shape index (κ1) is 13.0. The molecule has 0 spiro atoms. The maximum atomic E-state index is 11.5. The van der Waals surface area contributed by atoms with Crippen LogP contribution in [0, 0.1) is 5.41 Å². The Labute approximate surface area is 95.6 Å². The fraction of sp³-hybridized carbons (Fsp3) is 0.818. The Morgan fingerprint density at radius 3 is 2.75 bits per heavy atom. The van der Waals surface area contributed by atoms with Crippen LogP contribution < -0.4 is 10.6 Å². The van der Waals surface area contributed by atoms with Crippen molar-refractivity contribution in [1.82, 2.24) is 10.6 Å². The average molecular weight is 228 g/mol. The number of nitrogens with one attached hydrogen (secondary N) is 2.